The summed E-state index contributed by atoms with van der Waals surface area (Å²) in [6.07, 6.45) is 4.69. The van der Waals surface area contributed by atoms with Crippen LogP contribution in [0.3, 0.4) is 0 Å². The van der Waals surface area contributed by atoms with Gasteiger partial charge in [0, 0.05) is 15.6 Å². The second-order valence-electron chi connectivity index (χ2n) is 3.71. The van der Waals surface area contributed by atoms with Gasteiger partial charge in [-0.15, -0.1) is 23.5 Å². The third kappa shape index (κ3) is 0.672. The Morgan fingerprint density at radius 2 is 1.50 bits per heavy atom. The highest BCUT2D eigenvalue weighted by atomic mass is 32.2. The second-order valence-corrected chi connectivity index (χ2v) is 6.41. The summed E-state index contributed by atoms with van der Waals surface area (Å²) in [4.78, 5) is 0. The topological polar surface area (TPSA) is 0 Å². The van der Waals surface area contributed by atoms with E-state index in [0.717, 1.165) is 22.3 Å². The lowest BCUT2D eigenvalue weighted by Crippen LogP contribution is -2.22. The lowest BCUT2D eigenvalue weighted by atomic mass is 10.00. The molecule has 1 saturated heterocycles. The van der Waals surface area contributed by atoms with E-state index in [-0.39, 0.29) is 0 Å². The Kier molecular flexibility index (Phi) is 1.31. The van der Waals surface area contributed by atoms with Crippen LogP contribution < -0.4 is 0 Å². The summed E-state index contributed by atoms with van der Waals surface area (Å²) in [5, 5.41) is 3.56. The highest BCUT2D eigenvalue weighted by molar-refractivity contribution is 8.19. The van der Waals surface area contributed by atoms with E-state index >= 15 is 0 Å². The van der Waals surface area contributed by atoms with Crippen molar-refractivity contribution < 1.29 is 0 Å². The molecule has 56 valence electrons. The van der Waals surface area contributed by atoms with Crippen molar-refractivity contribution in [2.24, 2.45) is 11.8 Å². The summed E-state index contributed by atoms with van der Waals surface area (Å²) in [6, 6.07) is 0. The maximum absolute atomic E-state index is 2.24. The predicted octanol–water partition coefficient (Wildman–Crippen LogP) is 2.59. The van der Waals surface area contributed by atoms with Crippen LogP contribution in [0.2, 0.25) is 0 Å². The lowest BCUT2D eigenvalue weighted by molar-refractivity contribution is 0.508. The fourth-order valence-electron chi connectivity index (χ4n) is 2.84. The molecule has 2 bridgehead atoms. The van der Waals surface area contributed by atoms with Crippen LogP contribution in [-0.4, -0.2) is 15.6 Å². The Labute approximate surface area is 70.5 Å². The minimum absolute atomic E-state index is 1.09. The molecule has 0 amide bonds. The molecule has 0 spiro atoms. The summed E-state index contributed by atoms with van der Waals surface area (Å²) in [7, 11) is 0. The van der Waals surface area contributed by atoms with Crippen LogP contribution in [0.15, 0.2) is 0 Å². The zero-order chi connectivity index (χ0) is 6.55. The first-order chi connectivity index (χ1) is 4.95. The third-order valence-electron chi connectivity index (χ3n) is 3.29. The predicted molar refractivity (Wildman–Crippen MR) is 48.5 cm³/mol. The molecule has 2 unspecified atom stereocenters. The van der Waals surface area contributed by atoms with Crippen molar-refractivity contribution in [1.82, 2.24) is 0 Å². The molecule has 0 N–H and O–H groups in total. The van der Waals surface area contributed by atoms with Gasteiger partial charge in [-0.3, -0.25) is 0 Å². The Morgan fingerprint density at radius 3 is 2.10 bits per heavy atom. The van der Waals surface area contributed by atoms with E-state index in [1.54, 1.807) is 19.3 Å². The SMILES string of the molecule is C1SC2C(S1)[C@H]1CC[C@@H]2C1. The molecule has 2 heteroatoms. The average molecular weight is 172 g/mol. The first-order valence-electron chi connectivity index (χ1n) is 4.18. The van der Waals surface area contributed by atoms with Gasteiger partial charge < -0.3 is 0 Å². The molecule has 4 atom stereocenters. The summed E-state index contributed by atoms with van der Waals surface area (Å²) < 4.78 is 0. The van der Waals surface area contributed by atoms with Gasteiger partial charge in [-0.05, 0) is 31.1 Å². The van der Waals surface area contributed by atoms with Crippen molar-refractivity contribution in [2.75, 3.05) is 5.08 Å². The van der Waals surface area contributed by atoms with Crippen molar-refractivity contribution >= 4 is 23.5 Å². The van der Waals surface area contributed by atoms with Crippen molar-refractivity contribution in [2.45, 2.75) is 29.8 Å². The number of thioether (sulfide) groups is 2. The molecule has 0 nitrogen and oxygen atoms in total. The van der Waals surface area contributed by atoms with E-state index in [9.17, 15) is 0 Å². The van der Waals surface area contributed by atoms with E-state index in [2.05, 4.69) is 23.5 Å². The van der Waals surface area contributed by atoms with Gasteiger partial charge in [0.2, 0.25) is 0 Å². The van der Waals surface area contributed by atoms with E-state index in [4.69, 9.17) is 0 Å². The molecule has 0 aromatic carbocycles. The van der Waals surface area contributed by atoms with Crippen LogP contribution in [-0.2, 0) is 0 Å². The summed E-state index contributed by atoms with van der Waals surface area (Å²) in [5.74, 6) is 2.27. The van der Waals surface area contributed by atoms with Crippen molar-refractivity contribution in [3.05, 3.63) is 0 Å². The van der Waals surface area contributed by atoms with Crippen LogP contribution in [0.25, 0.3) is 0 Å². The maximum Gasteiger partial charge on any atom is 0.0398 e. The molecule has 3 rings (SSSR count). The van der Waals surface area contributed by atoms with E-state index in [1.165, 1.54) is 5.08 Å². The van der Waals surface area contributed by atoms with Crippen LogP contribution in [0.1, 0.15) is 19.3 Å². The van der Waals surface area contributed by atoms with E-state index < -0.39 is 0 Å². The maximum atomic E-state index is 2.24. The molecule has 0 radical (unpaired) electrons. The average Bonchev–Trinajstić information content (AvgIpc) is 2.60. The zero-order valence-corrected chi connectivity index (χ0v) is 7.59. The van der Waals surface area contributed by atoms with Gasteiger partial charge in [0.15, 0.2) is 0 Å². The summed E-state index contributed by atoms with van der Waals surface area (Å²) in [6.45, 7) is 0. The van der Waals surface area contributed by atoms with Crippen LogP contribution in [0.5, 0.6) is 0 Å². The number of rotatable bonds is 0. The first-order valence-corrected chi connectivity index (χ1v) is 6.28. The number of hydrogen-bond acceptors (Lipinski definition) is 2. The van der Waals surface area contributed by atoms with Crippen LogP contribution in [0.4, 0.5) is 0 Å². The smallest absolute Gasteiger partial charge is 0.0398 e. The van der Waals surface area contributed by atoms with E-state index in [1.807, 2.05) is 0 Å². The molecule has 1 heterocycles. The van der Waals surface area contributed by atoms with Crippen molar-refractivity contribution in [1.29, 1.82) is 0 Å². The quantitative estimate of drug-likeness (QED) is 0.551. The zero-order valence-electron chi connectivity index (χ0n) is 5.95. The minimum Gasteiger partial charge on any atom is -0.146 e. The van der Waals surface area contributed by atoms with Crippen molar-refractivity contribution in [3.63, 3.8) is 0 Å². The molecular formula is C8H12S2. The summed E-state index contributed by atoms with van der Waals surface area (Å²) in [5.41, 5.74) is 0. The molecule has 0 aromatic rings. The normalized spacial score (nSPS) is 57.6. The van der Waals surface area contributed by atoms with Gasteiger partial charge in [0.05, 0.1) is 0 Å². The molecule has 2 saturated carbocycles. The van der Waals surface area contributed by atoms with Gasteiger partial charge >= 0.3 is 0 Å². The molecule has 3 fully saturated rings. The van der Waals surface area contributed by atoms with Gasteiger partial charge in [-0.1, -0.05) is 0 Å². The third-order valence-corrected chi connectivity index (χ3v) is 6.67. The Hall–Kier alpha value is 0.700. The Bertz CT molecular complexity index is 141. The highest BCUT2D eigenvalue weighted by Gasteiger charge is 2.50. The second kappa shape index (κ2) is 2.10. The van der Waals surface area contributed by atoms with Gasteiger partial charge in [0.1, 0.15) is 0 Å². The number of hydrogen-bond donors (Lipinski definition) is 0. The largest absolute Gasteiger partial charge is 0.146 e. The molecular weight excluding hydrogens is 160 g/mol. The van der Waals surface area contributed by atoms with Crippen LogP contribution in [0, 0.1) is 11.8 Å². The van der Waals surface area contributed by atoms with Gasteiger partial charge in [-0.2, -0.15) is 0 Å². The molecule has 2 aliphatic carbocycles. The van der Waals surface area contributed by atoms with Gasteiger partial charge in [0.25, 0.3) is 0 Å². The van der Waals surface area contributed by atoms with E-state index in [0.29, 0.717) is 0 Å². The minimum atomic E-state index is 1.09. The lowest BCUT2D eigenvalue weighted by Gasteiger charge is -2.21. The fraction of sp³-hybridized carbons (Fsp3) is 1.00. The first kappa shape index (κ1) is 6.24. The Balaban J connectivity index is 1.92. The van der Waals surface area contributed by atoms with Crippen LogP contribution >= 0.6 is 23.5 Å². The monoisotopic (exact) mass is 172 g/mol. The molecule has 10 heavy (non-hydrogen) atoms. The molecule has 3 aliphatic rings. The Morgan fingerprint density at radius 1 is 0.900 bits per heavy atom. The molecule has 1 aliphatic heterocycles. The number of fused-ring (bicyclic) bond motifs is 5. The van der Waals surface area contributed by atoms with Crippen molar-refractivity contribution in [3.8, 4) is 0 Å². The fourth-order valence-corrected chi connectivity index (χ4v) is 6.75. The highest BCUT2D eigenvalue weighted by Crippen LogP contribution is 2.58. The molecule has 0 aromatic heterocycles. The standard InChI is InChI=1S/C8H12S2/c1-2-6-3-5(1)7-8(6)10-4-9-7/h5-8H,1-4H2/t5-,6+,7?,8?. The van der Waals surface area contributed by atoms with Gasteiger partial charge in [-0.25, -0.2) is 0 Å². The summed E-state index contributed by atoms with van der Waals surface area (Å²) >= 11 is 4.48.